The van der Waals surface area contributed by atoms with Crippen LogP contribution >= 0.6 is 0 Å². The van der Waals surface area contributed by atoms with Gasteiger partial charge in [0.05, 0.1) is 5.57 Å². The van der Waals surface area contributed by atoms with Gasteiger partial charge in [0.1, 0.15) is 6.26 Å². The molecule has 12 heavy (non-hydrogen) atoms. The molecule has 0 aliphatic rings. The van der Waals surface area contributed by atoms with E-state index in [4.69, 9.17) is 5.73 Å². The van der Waals surface area contributed by atoms with Gasteiger partial charge in [-0.25, -0.2) is 4.79 Å². The minimum Gasteiger partial charge on any atom is -0.431 e. The molecular weight excluding hydrogens is 158 g/mol. The second kappa shape index (κ2) is 4.33. The van der Waals surface area contributed by atoms with E-state index in [-0.39, 0.29) is 11.1 Å². The number of esters is 1. The summed E-state index contributed by atoms with van der Waals surface area (Å²) in [6.07, 6.45) is 0.951. The Labute approximate surface area is 70.7 Å². The second-order valence-corrected chi connectivity index (χ2v) is 2.32. The molecule has 0 aromatic carbocycles. The van der Waals surface area contributed by atoms with Crippen molar-refractivity contribution in [3.63, 3.8) is 0 Å². The molecule has 0 fully saturated rings. The molecule has 0 heterocycles. The van der Waals surface area contributed by atoms with Crippen LogP contribution in [-0.4, -0.2) is 11.9 Å². The number of carbonyl (C=O) groups excluding carboxylic acids is 2. The molecule has 0 aliphatic heterocycles. The largest absolute Gasteiger partial charge is 0.431 e. The maximum atomic E-state index is 10.7. The zero-order valence-electron chi connectivity index (χ0n) is 7.01. The standard InChI is InChI=1S/C8H10NO3/c1-5(2)8(11)12-4-6(3)7(9)10/h4,9H,1H2,2-3H3. The Hall–Kier alpha value is -1.58. The van der Waals surface area contributed by atoms with Gasteiger partial charge in [0.25, 0.3) is 5.91 Å². The van der Waals surface area contributed by atoms with E-state index in [2.05, 4.69) is 11.3 Å². The average Bonchev–Trinajstić information content (AvgIpc) is 1.98. The highest BCUT2D eigenvalue weighted by molar-refractivity contribution is 5.91. The zero-order chi connectivity index (χ0) is 9.72. The lowest BCUT2D eigenvalue weighted by Gasteiger charge is -1.97. The van der Waals surface area contributed by atoms with E-state index >= 15 is 0 Å². The molecule has 1 amide bonds. The normalized spacial score (nSPS) is 10.7. The summed E-state index contributed by atoms with van der Waals surface area (Å²) < 4.78 is 4.49. The third-order valence-corrected chi connectivity index (χ3v) is 1.05. The van der Waals surface area contributed by atoms with Gasteiger partial charge < -0.3 is 4.74 Å². The molecule has 0 saturated heterocycles. The summed E-state index contributed by atoms with van der Waals surface area (Å²) in [7, 11) is 0. The van der Waals surface area contributed by atoms with E-state index in [1.54, 1.807) is 0 Å². The molecule has 4 heteroatoms. The summed E-state index contributed by atoms with van der Waals surface area (Å²) in [5.41, 5.74) is 6.93. The Morgan fingerprint density at radius 1 is 1.42 bits per heavy atom. The highest BCUT2D eigenvalue weighted by atomic mass is 16.5. The molecule has 0 aromatic heterocycles. The van der Waals surface area contributed by atoms with E-state index in [1.807, 2.05) is 0 Å². The van der Waals surface area contributed by atoms with Crippen molar-refractivity contribution in [1.29, 1.82) is 0 Å². The number of rotatable bonds is 3. The van der Waals surface area contributed by atoms with Crippen LogP contribution in [0.15, 0.2) is 24.0 Å². The molecule has 4 nitrogen and oxygen atoms in total. The van der Waals surface area contributed by atoms with Gasteiger partial charge in [-0.2, -0.15) is 0 Å². The highest BCUT2D eigenvalue weighted by Crippen LogP contribution is 1.97. The monoisotopic (exact) mass is 168 g/mol. The van der Waals surface area contributed by atoms with Crippen LogP contribution < -0.4 is 5.73 Å². The van der Waals surface area contributed by atoms with Crippen LogP contribution in [0, 0.1) is 0 Å². The highest BCUT2D eigenvalue weighted by Gasteiger charge is 2.03. The van der Waals surface area contributed by atoms with E-state index < -0.39 is 11.9 Å². The summed E-state index contributed by atoms with van der Waals surface area (Å²) >= 11 is 0. The number of nitrogens with one attached hydrogen (secondary N) is 1. The molecule has 0 atom stereocenters. The summed E-state index contributed by atoms with van der Waals surface area (Å²) in [5.74, 6) is -1.47. The van der Waals surface area contributed by atoms with Crippen LogP contribution in [-0.2, 0) is 14.3 Å². The molecule has 65 valence electrons. The topological polar surface area (TPSA) is 67.2 Å². The van der Waals surface area contributed by atoms with Gasteiger partial charge in [-0.15, -0.1) is 0 Å². The summed E-state index contributed by atoms with van der Waals surface area (Å²) in [6.45, 7) is 6.23. The van der Waals surface area contributed by atoms with E-state index in [9.17, 15) is 9.59 Å². The molecule has 0 saturated carbocycles. The SMILES string of the molecule is C=C(C)C(=O)OC=C(C)C([NH])=O. The van der Waals surface area contributed by atoms with Crippen molar-refractivity contribution in [1.82, 2.24) is 5.73 Å². The first-order valence-corrected chi connectivity index (χ1v) is 3.24. The minimum atomic E-state index is -0.871. The molecule has 0 aliphatic carbocycles. The third-order valence-electron chi connectivity index (χ3n) is 1.05. The lowest BCUT2D eigenvalue weighted by Crippen LogP contribution is -2.04. The maximum Gasteiger partial charge on any atom is 0.337 e. The Morgan fingerprint density at radius 2 is 1.92 bits per heavy atom. The average molecular weight is 168 g/mol. The zero-order valence-corrected chi connectivity index (χ0v) is 7.01. The van der Waals surface area contributed by atoms with Crippen molar-refractivity contribution < 1.29 is 14.3 Å². The predicted octanol–water partition coefficient (Wildman–Crippen LogP) is 0.819. The van der Waals surface area contributed by atoms with Gasteiger partial charge >= 0.3 is 5.97 Å². The van der Waals surface area contributed by atoms with Crippen LogP contribution in [0.2, 0.25) is 0 Å². The first-order valence-electron chi connectivity index (χ1n) is 3.24. The van der Waals surface area contributed by atoms with Gasteiger partial charge in [0.15, 0.2) is 0 Å². The van der Waals surface area contributed by atoms with Gasteiger partial charge in [-0.3, -0.25) is 10.5 Å². The number of ether oxygens (including phenoxy) is 1. The summed E-state index contributed by atoms with van der Waals surface area (Å²) in [6, 6.07) is 0. The predicted molar refractivity (Wildman–Crippen MR) is 42.8 cm³/mol. The molecule has 0 rings (SSSR count). The lowest BCUT2D eigenvalue weighted by atomic mass is 10.3. The van der Waals surface area contributed by atoms with Crippen LogP contribution in [0.25, 0.3) is 0 Å². The fourth-order valence-electron chi connectivity index (χ4n) is 0.296. The van der Waals surface area contributed by atoms with Crippen molar-refractivity contribution in [2.24, 2.45) is 0 Å². The Kier molecular flexibility index (Phi) is 3.76. The van der Waals surface area contributed by atoms with Gasteiger partial charge in [-0.1, -0.05) is 6.58 Å². The number of amides is 1. The molecule has 0 aromatic rings. The van der Waals surface area contributed by atoms with Crippen LogP contribution in [0.3, 0.4) is 0 Å². The Morgan fingerprint density at radius 3 is 2.25 bits per heavy atom. The molecular formula is C8H10NO3. The van der Waals surface area contributed by atoms with Crippen molar-refractivity contribution in [3.05, 3.63) is 24.0 Å². The van der Waals surface area contributed by atoms with E-state index in [0.717, 1.165) is 6.26 Å². The summed E-state index contributed by atoms with van der Waals surface area (Å²) in [5, 5.41) is 0. The van der Waals surface area contributed by atoms with Gasteiger partial charge in [0.2, 0.25) is 0 Å². The first-order chi connectivity index (χ1) is 5.45. The van der Waals surface area contributed by atoms with Crippen LogP contribution in [0.1, 0.15) is 13.8 Å². The first kappa shape index (κ1) is 10.4. The van der Waals surface area contributed by atoms with Crippen molar-refractivity contribution >= 4 is 11.9 Å². The fourth-order valence-corrected chi connectivity index (χ4v) is 0.296. The van der Waals surface area contributed by atoms with Crippen LogP contribution in [0.4, 0.5) is 0 Å². The molecule has 1 N–H and O–H groups in total. The number of carbonyl (C=O) groups is 2. The molecule has 0 bridgehead atoms. The third kappa shape index (κ3) is 3.55. The number of hydrogen-bond donors (Lipinski definition) is 0. The van der Waals surface area contributed by atoms with Crippen LogP contribution in [0.5, 0.6) is 0 Å². The lowest BCUT2D eigenvalue weighted by molar-refractivity contribution is -0.133. The smallest absolute Gasteiger partial charge is 0.337 e. The quantitative estimate of drug-likeness (QED) is 0.356. The molecule has 1 radical (unpaired) electrons. The second-order valence-electron chi connectivity index (χ2n) is 2.32. The maximum absolute atomic E-state index is 10.7. The number of hydrogen-bond acceptors (Lipinski definition) is 3. The van der Waals surface area contributed by atoms with Crippen molar-refractivity contribution in [3.8, 4) is 0 Å². The fraction of sp³-hybridized carbons (Fsp3) is 0.250. The minimum absolute atomic E-state index is 0.0737. The van der Waals surface area contributed by atoms with Gasteiger partial charge in [0, 0.05) is 5.57 Å². The Bertz CT molecular complexity index is 253. The molecule has 0 spiro atoms. The summed E-state index contributed by atoms with van der Waals surface area (Å²) in [4.78, 5) is 21.0. The molecule has 0 unspecified atom stereocenters. The van der Waals surface area contributed by atoms with Crippen molar-refractivity contribution in [2.75, 3.05) is 0 Å². The Balaban J connectivity index is 4.14. The van der Waals surface area contributed by atoms with Gasteiger partial charge in [-0.05, 0) is 13.8 Å². The van der Waals surface area contributed by atoms with Crippen molar-refractivity contribution in [2.45, 2.75) is 13.8 Å². The van der Waals surface area contributed by atoms with E-state index in [0.29, 0.717) is 0 Å². The van der Waals surface area contributed by atoms with E-state index in [1.165, 1.54) is 13.8 Å².